The van der Waals surface area contributed by atoms with Gasteiger partial charge in [0, 0.05) is 12.6 Å². The molecule has 4 nitrogen and oxygen atoms in total. The van der Waals surface area contributed by atoms with Crippen LogP contribution in [0.4, 0.5) is 8.78 Å². The van der Waals surface area contributed by atoms with Gasteiger partial charge in [-0.3, -0.25) is 4.68 Å². The predicted octanol–water partition coefficient (Wildman–Crippen LogP) is 1.48. The van der Waals surface area contributed by atoms with Crippen molar-refractivity contribution in [1.82, 2.24) is 9.78 Å². The summed E-state index contributed by atoms with van der Waals surface area (Å²) in [7, 11) is 1.37. The Labute approximate surface area is 90.9 Å². The van der Waals surface area contributed by atoms with Crippen molar-refractivity contribution in [2.75, 3.05) is 0 Å². The van der Waals surface area contributed by atoms with E-state index in [1.807, 2.05) is 0 Å². The first-order valence-electron chi connectivity index (χ1n) is 5.11. The molecule has 0 unspecified atom stereocenters. The van der Waals surface area contributed by atoms with Gasteiger partial charge in [-0.1, -0.05) is 0 Å². The number of hydrogen-bond donors (Lipinski definition) is 1. The Morgan fingerprint density at radius 2 is 2.06 bits per heavy atom. The summed E-state index contributed by atoms with van der Waals surface area (Å²) in [6.45, 7) is 0. The van der Waals surface area contributed by atoms with E-state index in [-0.39, 0.29) is 0 Å². The number of alkyl halides is 2. The van der Waals surface area contributed by atoms with Crippen LogP contribution in [0.15, 0.2) is 0 Å². The molecule has 1 heterocycles. The quantitative estimate of drug-likeness (QED) is 0.837. The number of carbonyl (C=O) groups is 1. The molecule has 1 aromatic rings. The smallest absolute Gasteiger partial charge is 0.384 e. The van der Waals surface area contributed by atoms with Gasteiger partial charge in [-0.2, -0.15) is 13.9 Å². The normalized spacial score (nSPS) is 15.9. The van der Waals surface area contributed by atoms with Gasteiger partial charge >= 0.3 is 11.9 Å². The molecule has 0 saturated heterocycles. The highest BCUT2D eigenvalue weighted by molar-refractivity contribution is 5.77. The van der Waals surface area contributed by atoms with E-state index < -0.39 is 17.6 Å². The van der Waals surface area contributed by atoms with Gasteiger partial charge in [-0.25, -0.2) is 4.79 Å². The standard InChI is InChI=1S/C10H12F2N2O2/c1-14-8(10(11,12)9(15)16)6-4-2-3-5-7(6)13-14/h2-5H2,1H3,(H,15,16). The minimum Gasteiger partial charge on any atom is -0.476 e. The Balaban J connectivity index is 2.56. The highest BCUT2D eigenvalue weighted by atomic mass is 19.3. The number of carboxylic acid groups (broad SMARTS) is 1. The minimum absolute atomic E-state index is 0.418. The monoisotopic (exact) mass is 230 g/mol. The van der Waals surface area contributed by atoms with E-state index >= 15 is 0 Å². The lowest BCUT2D eigenvalue weighted by Gasteiger charge is -2.16. The van der Waals surface area contributed by atoms with Gasteiger partial charge in [-0.05, 0) is 25.7 Å². The Kier molecular flexibility index (Phi) is 2.44. The second-order valence-electron chi connectivity index (χ2n) is 3.98. The minimum atomic E-state index is -3.85. The van der Waals surface area contributed by atoms with Crippen molar-refractivity contribution < 1.29 is 18.7 Å². The van der Waals surface area contributed by atoms with E-state index in [2.05, 4.69) is 5.10 Å². The van der Waals surface area contributed by atoms with Crippen LogP contribution in [0.2, 0.25) is 0 Å². The maximum atomic E-state index is 13.5. The zero-order valence-electron chi connectivity index (χ0n) is 8.83. The number of halogens is 2. The number of aliphatic carboxylic acids is 1. The van der Waals surface area contributed by atoms with E-state index in [1.165, 1.54) is 7.05 Å². The highest BCUT2D eigenvalue weighted by Crippen LogP contribution is 2.35. The lowest BCUT2D eigenvalue weighted by molar-refractivity contribution is -0.167. The topological polar surface area (TPSA) is 55.1 Å². The first-order valence-corrected chi connectivity index (χ1v) is 5.11. The van der Waals surface area contributed by atoms with Crippen molar-refractivity contribution in [3.05, 3.63) is 17.0 Å². The zero-order chi connectivity index (χ0) is 11.9. The van der Waals surface area contributed by atoms with Crippen molar-refractivity contribution >= 4 is 5.97 Å². The third-order valence-electron chi connectivity index (χ3n) is 2.88. The first-order chi connectivity index (χ1) is 7.44. The molecular weight excluding hydrogens is 218 g/mol. The lowest BCUT2D eigenvalue weighted by atomic mass is 9.94. The molecule has 6 heteroatoms. The SMILES string of the molecule is Cn1nc2c(c1C(F)(F)C(=O)O)CCCC2. The molecule has 1 aliphatic carbocycles. The molecule has 0 saturated carbocycles. The second-order valence-corrected chi connectivity index (χ2v) is 3.98. The molecule has 2 rings (SSSR count). The molecule has 0 aromatic carbocycles. The fraction of sp³-hybridized carbons (Fsp3) is 0.600. The van der Waals surface area contributed by atoms with Gasteiger partial charge in [0.2, 0.25) is 0 Å². The Bertz CT molecular complexity index is 440. The first kappa shape index (κ1) is 11.0. The molecule has 1 N–H and O–H groups in total. The summed E-state index contributed by atoms with van der Waals surface area (Å²) in [4.78, 5) is 10.6. The average Bonchev–Trinajstić information content (AvgIpc) is 2.53. The number of aryl methyl sites for hydroxylation is 2. The third-order valence-corrected chi connectivity index (χ3v) is 2.88. The van der Waals surface area contributed by atoms with Crippen molar-refractivity contribution in [3.63, 3.8) is 0 Å². The Morgan fingerprint density at radius 3 is 2.69 bits per heavy atom. The average molecular weight is 230 g/mol. The Morgan fingerprint density at radius 1 is 1.44 bits per heavy atom. The molecule has 0 fully saturated rings. The maximum Gasteiger partial charge on any atom is 0.384 e. The van der Waals surface area contributed by atoms with E-state index in [9.17, 15) is 13.6 Å². The van der Waals surface area contributed by atoms with Gasteiger partial charge in [-0.15, -0.1) is 0 Å². The van der Waals surface area contributed by atoms with E-state index in [4.69, 9.17) is 5.11 Å². The molecule has 0 amide bonds. The largest absolute Gasteiger partial charge is 0.476 e. The van der Waals surface area contributed by atoms with Crippen LogP contribution in [0, 0.1) is 0 Å². The van der Waals surface area contributed by atoms with Crippen molar-refractivity contribution in [2.45, 2.75) is 31.6 Å². The van der Waals surface area contributed by atoms with Gasteiger partial charge in [0.1, 0.15) is 5.69 Å². The summed E-state index contributed by atoms with van der Waals surface area (Å²) in [5.74, 6) is -5.98. The van der Waals surface area contributed by atoms with E-state index in [1.54, 1.807) is 0 Å². The van der Waals surface area contributed by atoms with Crippen LogP contribution in [0.25, 0.3) is 0 Å². The van der Waals surface area contributed by atoms with Crippen LogP contribution >= 0.6 is 0 Å². The summed E-state index contributed by atoms with van der Waals surface area (Å²) in [5, 5.41) is 12.5. The van der Waals surface area contributed by atoms with Gasteiger partial charge in [0.05, 0.1) is 5.69 Å². The molecule has 0 spiro atoms. The number of nitrogens with zero attached hydrogens (tertiary/aromatic N) is 2. The van der Waals surface area contributed by atoms with Crippen molar-refractivity contribution in [3.8, 4) is 0 Å². The maximum absolute atomic E-state index is 13.5. The van der Waals surface area contributed by atoms with Crippen LogP contribution < -0.4 is 0 Å². The third kappa shape index (κ3) is 1.48. The summed E-state index contributed by atoms with van der Waals surface area (Å²) < 4.78 is 28.0. The number of aromatic nitrogens is 2. The highest BCUT2D eigenvalue weighted by Gasteiger charge is 2.46. The summed E-state index contributed by atoms with van der Waals surface area (Å²) in [6.07, 6.45) is 2.86. The van der Waals surface area contributed by atoms with Crippen LogP contribution in [0.5, 0.6) is 0 Å². The molecule has 1 aliphatic rings. The van der Waals surface area contributed by atoms with Crippen molar-refractivity contribution in [2.24, 2.45) is 7.05 Å². The van der Waals surface area contributed by atoms with Crippen LogP contribution in [-0.4, -0.2) is 20.9 Å². The van der Waals surface area contributed by atoms with Crippen molar-refractivity contribution in [1.29, 1.82) is 0 Å². The molecule has 0 atom stereocenters. The van der Waals surface area contributed by atoms with Gasteiger partial charge in [0.15, 0.2) is 0 Å². The molecule has 0 radical (unpaired) electrons. The molecule has 0 bridgehead atoms. The fourth-order valence-electron chi connectivity index (χ4n) is 2.18. The summed E-state index contributed by atoms with van der Waals surface area (Å²) >= 11 is 0. The number of fused-ring (bicyclic) bond motifs is 1. The van der Waals surface area contributed by atoms with E-state index in [0.29, 0.717) is 24.1 Å². The predicted molar refractivity (Wildman–Crippen MR) is 51.4 cm³/mol. The lowest BCUT2D eigenvalue weighted by Crippen LogP contribution is -2.29. The fourth-order valence-corrected chi connectivity index (χ4v) is 2.18. The molecule has 1 aromatic heterocycles. The van der Waals surface area contributed by atoms with Crippen LogP contribution in [0.3, 0.4) is 0 Å². The van der Waals surface area contributed by atoms with E-state index in [0.717, 1.165) is 17.5 Å². The van der Waals surface area contributed by atoms with Crippen LogP contribution in [-0.2, 0) is 30.6 Å². The zero-order valence-corrected chi connectivity index (χ0v) is 8.83. The number of hydrogen-bond acceptors (Lipinski definition) is 2. The van der Waals surface area contributed by atoms with Gasteiger partial charge < -0.3 is 5.11 Å². The molecule has 0 aliphatic heterocycles. The number of carboxylic acids is 1. The number of rotatable bonds is 2. The molecule has 88 valence electrons. The summed E-state index contributed by atoms with van der Waals surface area (Å²) in [5.41, 5.74) is 0.570. The Hall–Kier alpha value is -1.46. The molecular formula is C10H12F2N2O2. The summed E-state index contributed by atoms with van der Waals surface area (Å²) in [6, 6.07) is 0. The van der Waals surface area contributed by atoms with Gasteiger partial charge in [0.25, 0.3) is 0 Å². The molecule has 16 heavy (non-hydrogen) atoms. The second kappa shape index (κ2) is 3.54. The van der Waals surface area contributed by atoms with Crippen LogP contribution in [0.1, 0.15) is 29.8 Å².